The molecule has 0 aliphatic rings. The van der Waals surface area contributed by atoms with Gasteiger partial charge in [-0.1, -0.05) is 33.1 Å². The zero-order valence-electron chi connectivity index (χ0n) is 13.4. The fourth-order valence-electron chi connectivity index (χ4n) is 2.79. The third kappa shape index (κ3) is 4.31. The quantitative estimate of drug-likeness (QED) is 0.600. The van der Waals surface area contributed by atoms with Crippen molar-refractivity contribution in [3.63, 3.8) is 0 Å². The average Bonchev–Trinajstić information content (AvgIpc) is 2.49. The van der Waals surface area contributed by atoms with Crippen LogP contribution in [0.4, 0.5) is 0 Å². The number of unbranched alkanes of at least 4 members (excludes halogenated alkanes) is 3. The molecular formula is C17H22O6. The molecule has 0 fully saturated rings. The molecule has 6 nitrogen and oxygen atoms in total. The van der Waals surface area contributed by atoms with Crippen molar-refractivity contribution in [3.05, 3.63) is 33.9 Å². The Morgan fingerprint density at radius 1 is 0.826 bits per heavy atom. The van der Waals surface area contributed by atoms with E-state index in [4.69, 9.17) is 0 Å². The number of rotatable bonds is 9. The summed E-state index contributed by atoms with van der Waals surface area (Å²) in [6.45, 7) is 3.79. The third-order valence-electron chi connectivity index (χ3n) is 3.86. The molecule has 1 aromatic rings. The first-order chi connectivity index (χ1) is 10.8. The maximum absolute atomic E-state index is 11.6. The van der Waals surface area contributed by atoms with Gasteiger partial charge in [-0.05, 0) is 36.5 Å². The molecule has 0 aromatic heterocycles. The first kappa shape index (κ1) is 18.7. The topological polar surface area (TPSA) is 112 Å². The summed E-state index contributed by atoms with van der Waals surface area (Å²) in [5.41, 5.74) is -0.112. The van der Waals surface area contributed by atoms with Gasteiger partial charge in [0.05, 0.1) is 16.7 Å². The number of hydrogen-bond donors (Lipinski definition) is 3. The minimum absolute atomic E-state index is 0.125. The molecule has 6 heteroatoms. The molecule has 0 amide bonds. The van der Waals surface area contributed by atoms with E-state index in [1.807, 2.05) is 6.92 Å². The van der Waals surface area contributed by atoms with Crippen LogP contribution in [0.15, 0.2) is 6.07 Å². The molecular weight excluding hydrogens is 300 g/mol. The van der Waals surface area contributed by atoms with Crippen LogP contribution in [0, 0.1) is 0 Å². The maximum Gasteiger partial charge on any atom is 0.336 e. The van der Waals surface area contributed by atoms with Crippen LogP contribution in [0.5, 0.6) is 0 Å². The van der Waals surface area contributed by atoms with Crippen LogP contribution in [0.1, 0.15) is 81.7 Å². The number of aromatic carboxylic acids is 3. The van der Waals surface area contributed by atoms with Crippen molar-refractivity contribution in [2.45, 2.75) is 52.4 Å². The molecule has 0 radical (unpaired) electrons. The van der Waals surface area contributed by atoms with Gasteiger partial charge in [-0.2, -0.15) is 0 Å². The first-order valence-electron chi connectivity index (χ1n) is 7.73. The minimum atomic E-state index is -1.43. The number of carbonyl (C=O) groups is 3. The molecule has 0 unspecified atom stereocenters. The van der Waals surface area contributed by atoms with Crippen LogP contribution in [-0.4, -0.2) is 33.2 Å². The Kier molecular flexibility index (Phi) is 6.75. The summed E-state index contributed by atoms with van der Waals surface area (Å²) < 4.78 is 0. The smallest absolute Gasteiger partial charge is 0.336 e. The van der Waals surface area contributed by atoms with Gasteiger partial charge in [0.15, 0.2) is 0 Å². The van der Waals surface area contributed by atoms with Gasteiger partial charge in [0.2, 0.25) is 0 Å². The molecule has 0 bridgehead atoms. The molecule has 0 aliphatic carbocycles. The molecule has 0 atom stereocenters. The Hall–Kier alpha value is -2.37. The summed E-state index contributed by atoms with van der Waals surface area (Å²) in [7, 11) is 0. The van der Waals surface area contributed by atoms with Crippen LogP contribution in [0.3, 0.4) is 0 Å². The van der Waals surface area contributed by atoms with Crippen molar-refractivity contribution in [1.82, 2.24) is 0 Å². The second kappa shape index (κ2) is 8.31. The fraction of sp³-hybridized carbons (Fsp3) is 0.471. The Labute approximate surface area is 134 Å². The monoisotopic (exact) mass is 322 g/mol. The summed E-state index contributed by atoms with van der Waals surface area (Å²) >= 11 is 0. The highest BCUT2D eigenvalue weighted by atomic mass is 16.4. The van der Waals surface area contributed by atoms with E-state index in [1.165, 1.54) is 0 Å². The number of carboxylic acid groups (broad SMARTS) is 3. The second-order valence-electron chi connectivity index (χ2n) is 5.38. The van der Waals surface area contributed by atoms with Crippen molar-refractivity contribution >= 4 is 17.9 Å². The molecule has 0 spiro atoms. The predicted octanol–water partition coefficient (Wildman–Crippen LogP) is 3.47. The summed E-state index contributed by atoms with van der Waals surface area (Å²) in [5, 5.41) is 28.0. The molecule has 0 aliphatic heterocycles. The Morgan fingerprint density at radius 2 is 1.43 bits per heavy atom. The van der Waals surface area contributed by atoms with Crippen LogP contribution < -0.4 is 0 Å². The fourth-order valence-corrected chi connectivity index (χ4v) is 2.79. The SMILES string of the molecule is CCCCCCc1c(CC)c(C(=O)O)cc(C(=O)O)c1C(=O)O. The molecule has 23 heavy (non-hydrogen) atoms. The molecule has 1 rings (SSSR count). The summed E-state index contributed by atoms with van der Waals surface area (Å²) in [6, 6.07) is 0.961. The highest BCUT2D eigenvalue weighted by Gasteiger charge is 2.26. The van der Waals surface area contributed by atoms with E-state index in [0.717, 1.165) is 25.3 Å². The second-order valence-corrected chi connectivity index (χ2v) is 5.38. The van der Waals surface area contributed by atoms with Crippen molar-refractivity contribution in [3.8, 4) is 0 Å². The van der Waals surface area contributed by atoms with E-state index >= 15 is 0 Å². The summed E-state index contributed by atoms with van der Waals surface area (Å²) in [5.74, 6) is -4.00. The van der Waals surface area contributed by atoms with Crippen molar-refractivity contribution in [2.75, 3.05) is 0 Å². The normalized spacial score (nSPS) is 10.5. The van der Waals surface area contributed by atoms with Crippen molar-refractivity contribution < 1.29 is 29.7 Å². The highest BCUT2D eigenvalue weighted by Crippen LogP contribution is 2.27. The Bertz CT molecular complexity index is 618. The molecule has 0 saturated heterocycles. The van der Waals surface area contributed by atoms with E-state index in [9.17, 15) is 29.7 Å². The number of benzene rings is 1. The van der Waals surface area contributed by atoms with Gasteiger partial charge >= 0.3 is 17.9 Å². The van der Waals surface area contributed by atoms with Crippen LogP contribution in [-0.2, 0) is 12.8 Å². The van der Waals surface area contributed by atoms with Crippen LogP contribution >= 0.6 is 0 Å². The van der Waals surface area contributed by atoms with E-state index in [2.05, 4.69) is 0 Å². The summed E-state index contributed by atoms with van der Waals surface area (Å²) in [6.07, 6.45) is 4.30. The van der Waals surface area contributed by atoms with Crippen LogP contribution in [0.2, 0.25) is 0 Å². The highest BCUT2D eigenvalue weighted by molar-refractivity contribution is 6.05. The molecule has 1 aromatic carbocycles. The molecule has 3 N–H and O–H groups in total. The Morgan fingerprint density at radius 3 is 1.87 bits per heavy atom. The largest absolute Gasteiger partial charge is 0.478 e. The van der Waals surface area contributed by atoms with Gasteiger partial charge in [-0.15, -0.1) is 0 Å². The average molecular weight is 322 g/mol. The van der Waals surface area contributed by atoms with E-state index in [-0.39, 0.29) is 11.1 Å². The van der Waals surface area contributed by atoms with Gasteiger partial charge in [-0.3, -0.25) is 0 Å². The molecule has 126 valence electrons. The summed E-state index contributed by atoms with van der Waals surface area (Å²) in [4.78, 5) is 34.4. The van der Waals surface area contributed by atoms with E-state index < -0.39 is 23.5 Å². The van der Waals surface area contributed by atoms with Gasteiger partial charge in [-0.25, -0.2) is 14.4 Å². The van der Waals surface area contributed by atoms with Gasteiger partial charge in [0.25, 0.3) is 0 Å². The lowest BCUT2D eigenvalue weighted by molar-refractivity contribution is 0.0647. The van der Waals surface area contributed by atoms with Crippen LogP contribution in [0.25, 0.3) is 0 Å². The zero-order chi connectivity index (χ0) is 17.6. The lowest BCUT2D eigenvalue weighted by Gasteiger charge is -2.17. The zero-order valence-corrected chi connectivity index (χ0v) is 13.4. The number of hydrogen-bond acceptors (Lipinski definition) is 3. The Balaban J connectivity index is 3.53. The van der Waals surface area contributed by atoms with Crippen molar-refractivity contribution in [1.29, 1.82) is 0 Å². The number of carboxylic acids is 3. The maximum atomic E-state index is 11.6. The van der Waals surface area contributed by atoms with Crippen molar-refractivity contribution in [2.24, 2.45) is 0 Å². The van der Waals surface area contributed by atoms with E-state index in [0.29, 0.717) is 30.4 Å². The lowest BCUT2D eigenvalue weighted by atomic mass is 9.87. The minimum Gasteiger partial charge on any atom is -0.478 e. The molecule has 0 heterocycles. The molecule has 0 saturated carbocycles. The van der Waals surface area contributed by atoms with Gasteiger partial charge in [0.1, 0.15) is 0 Å². The lowest BCUT2D eigenvalue weighted by Crippen LogP contribution is -2.17. The standard InChI is InChI=1S/C17H22O6/c1-3-5-6-7-8-11-10(4-2)12(15(18)19)9-13(16(20)21)14(11)17(22)23/h9H,3-8H2,1-2H3,(H,18,19)(H,20,21)(H,22,23). The predicted molar refractivity (Wildman–Crippen MR) is 84.5 cm³/mol. The van der Waals surface area contributed by atoms with E-state index in [1.54, 1.807) is 6.92 Å². The third-order valence-corrected chi connectivity index (χ3v) is 3.86. The van der Waals surface area contributed by atoms with Gasteiger partial charge in [0, 0.05) is 0 Å². The first-order valence-corrected chi connectivity index (χ1v) is 7.73. The van der Waals surface area contributed by atoms with Gasteiger partial charge < -0.3 is 15.3 Å².